The number of hydrogen-bond donors (Lipinski definition) is 6. The Balaban J connectivity index is 2.13. The smallest absolute Gasteiger partial charge is 0.220 e. The topological polar surface area (TPSA) is 149 Å². The molecule has 0 aromatic heterocycles. The molecule has 9 heteroatoms. The lowest BCUT2D eigenvalue weighted by Crippen LogP contribution is -2.60. The molecule has 1 saturated heterocycles. The number of allylic oxidation sites excluding steroid dienone is 8. The number of aliphatic hydroxyl groups excluding tert-OH is 5. The number of rotatable bonds is 51. The van der Waals surface area contributed by atoms with Crippen molar-refractivity contribution in [2.24, 2.45) is 0 Å². The van der Waals surface area contributed by atoms with E-state index >= 15 is 0 Å². The van der Waals surface area contributed by atoms with Crippen LogP contribution in [0.5, 0.6) is 0 Å². The maximum atomic E-state index is 13.0. The van der Waals surface area contributed by atoms with Crippen LogP contribution in [0.4, 0.5) is 0 Å². The van der Waals surface area contributed by atoms with Gasteiger partial charge in [-0.3, -0.25) is 4.79 Å². The molecule has 1 heterocycles. The Morgan fingerprint density at radius 3 is 1.29 bits per heavy atom. The quantitative estimate of drug-likeness (QED) is 0.0261. The zero-order valence-corrected chi connectivity index (χ0v) is 45.5. The van der Waals surface area contributed by atoms with Crippen molar-refractivity contribution in [1.29, 1.82) is 0 Å². The number of amides is 1. The molecule has 1 rings (SSSR count). The van der Waals surface area contributed by atoms with E-state index in [4.69, 9.17) is 9.47 Å². The highest BCUT2D eigenvalue weighted by atomic mass is 16.7. The molecular formula is C61H113NO8. The third kappa shape index (κ3) is 39.7. The molecular weight excluding hydrogens is 875 g/mol. The Kier molecular flexibility index (Phi) is 47.9. The van der Waals surface area contributed by atoms with Crippen LogP contribution in [0.2, 0.25) is 0 Å². The van der Waals surface area contributed by atoms with Gasteiger partial charge in [0.15, 0.2) is 6.29 Å². The van der Waals surface area contributed by atoms with Crippen molar-refractivity contribution in [2.75, 3.05) is 13.2 Å². The summed E-state index contributed by atoms with van der Waals surface area (Å²) in [5.74, 6) is -0.183. The van der Waals surface area contributed by atoms with Crippen molar-refractivity contribution < 1.29 is 39.8 Å². The first-order valence-corrected chi connectivity index (χ1v) is 29.8. The van der Waals surface area contributed by atoms with Gasteiger partial charge in [-0.2, -0.15) is 0 Å². The second-order valence-electron chi connectivity index (χ2n) is 20.8. The Hall–Kier alpha value is -1.85. The molecule has 0 spiro atoms. The van der Waals surface area contributed by atoms with E-state index in [9.17, 15) is 30.3 Å². The van der Waals surface area contributed by atoms with Crippen LogP contribution in [0.1, 0.15) is 277 Å². The van der Waals surface area contributed by atoms with Gasteiger partial charge in [-0.05, 0) is 51.4 Å². The molecule has 1 fully saturated rings. The average molecular weight is 989 g/mol. The molecule has 0 aliphatic carbocycles. The van der Waals surface area contributed by atoms with Gasteiger partial charge in [-0.1, -0.05) is 268 Å². The minimum atomic E-state index is -1.56. The predicted molar refractivity (Wildman–Crippen MR) is 295 cm³/mol. The standard InChI is InChI=1S/C61H113NO8/c1-3-5-7-9-11-13-15-17-19-20-21-22-23-24-25-26-27-28-29-30-31-32-33-34-35-37-38-40-42-44-46-48-50-55(64)54(53-69-61-60(68)59(67)58(66)56(52-63)70-61)62-57(65)51-49-47-45-43-41-39-36-18-16-14-12-10-8-6-4-2/h6,8,12,14,18,36,41,43,54-56,58-61,63-64,66-68H,3-5,7,9-11,13,15-17,19-35,37-40,42,44-53H2,1-2H3,(H,62,65)/b8-6-,14-12-,36-18-,43-41-. The van der Waals surface area contributed by atoms with Gasteiger partial charge in [-0.15, -0.1) is 0 Å². The third-order valence-corrected chi connectivity index (χ3v) is 14.2. The van der Waals surface area contributed by atoms with Crippen molar-refractivity contribution >= 4 is 5.91 Å². The van der Waals surface area contributed by atoms with Gasteiger partial charge < -0.3 is 40.3 Å². The molecule has 6 N–H and O–H groups in total. The lowest BCUT2D eigenvalue weighted by atomic mass is 9.99. The molecule has 0 aromatic rings. The van der Waals surface area contributed by atoms with Gasteiger partial charge in [0.25, 0.3) is 0 Å². The van der Waals surface area contributed by atoms with Crippen molar-refractivity contribution in [3.8, 4) is 0 Å². The summed E-state index contributed by atoms with van der Waals surface area (Å²) in [4.78, 5) is 13.0. The molecule has 1 aliphatic heterocycles. The minimum Gasteiger partial charge on any atom is -0.394 e. The van der Waals surface area contributed by atoms with Gasteiger partial charge in [0.2, 0.25) is 5.91 Å². The maximum absolute atomic E-state index is 13.0. The number of hydrogen-bond acceptors (Lipinski definition) is 8. The molecule has 1 amide bonds. The molecule has 70 heavy (non-hydrogen) atoms. The van der Waals surface area contributed by atoms with E-state index in [1.807, 2.05) is 0 Å². The summed E-state index contributed by atoms with van der Waals surface area (Å²) in [5, 5.41) is 54.6. The van der Waals surface area contributed by atoms with Gasteiger partial charge >= 0.3 is 0 Å². The Morgan fingerprint density at radius 1 is 0.500 bits per heavy atom. The van der Waals surface area contributed by atoms with Crippen LogP contribution < -0.4 is 5.32 Å². The van der Waals surface area contributed by atoms with E-state index in [0.29, 0.717) is 19.3 Å². The molecule has 7 atom stereocenters. The van der Waals surface area contributed by atoms with Crippen LogP contribution in [0.15, 0.2) is 48.6 Å². The van der Waals surface area contributed by atoms with Gasteiger partial charge in [0, 0.05) is 6.42 Å². The first kappa shape index (κ1) is 66.2. The first-order chi connectivity index (χ1) is 34.3. The van der Waals surface area contributed by atoms with Crippen molar-refractivity contribution in [3.05, 3.63) is 48.6 Å². The molecule has 410 valence electrons. The van der Waals surface area contributed by atoms with Crippen LogP contribution in [-0.4, -0.2) is 87.5 Å². The SMILES string of the molecule is CC/C=C\C/C=C\C/C=C\C/C=C\CCCCC(=O)NC(COC1OC(CO)C(O)C(O)C1O)C(O)CCCCCCCCCCCCCCCCCCCCCCCCCCCCCCCCCC. The summed E-state index contributed by atoms with van der Waals surface area (Å²) in [7, 11) is 0. The van der Waals surface area contributed by atoms with Crippen LogP contribution in [0.3, 0.4) is 0 Å². The van der Waals surface area contributed by atoms with E-state index < -0.39 is 49.5 Å². The third-order valence-electron chi connectivity index (χ3n) is 14.2. The van der Waals surface area contributed by atoms with E-state index in [1.54, 1.807) is 0 Å². The molecule has 0 saturated carbocycles. The predicted octanol–water partition coefficient (Wildman–Crippen LogP) is 14.9. The molecule has 9 nitrogen and oxygen atoms in total. The van der Waals surface area contributed by atoms with Crippen molar-refractivity contribution in [1.82, 2.24) is 5.32 Å². The Bertz CT molecular complexity index is 1240. The Labute approximate surface area is 431 Å². The largest absolute Gasteiger partial charge is 0.394 e. The summed E-state index contributed by atoms with van der Waals surface area (Å²) in [5.41, 5.74) is 0. The Morgan fingerprint density at radius 2 is 0.886 bits per heavy atom. The highest BCUT2D eigenvalue weighted by Crippen LogP contribution is 2.23. The summed E-state index contributed by atoms with van der Waals surface area (Å²) >= 11 is 0. The van der Waals surface area contributed by atoms with Crippen LogP contribution in [0.25, 0.3) is 0 Å². The zero-order chi connectivity index (χ0) is 50.8. The fourth-order valence-corrected chi connectivity index (χ4v) is 9.51. The molecule has 7 unspecified atom stereocenters. The minimum absolute atomic E-state index is 0.156. The summed E-state index contributed by atoms with van der Waals surface area (Å²) in [6.07, 6.45) is 60.3. The highest BCUT2D eigenvalue weighted by molar-refractivity contribution is 5.76. The van der Waals surface area contributed by atoms with Gasteiger partial charge in [0.1, 0.15) is 24.4 Å². The second kappa shape index (κ2) is 50.7. The zero-order valence-electron chi connectivity index (χ0n) is 45.5. The van der Waals surface area contributed by atoms with E-state index in [0.717, 1.165) is 57.8 Å². The van der Waals surface area contributed by atoms with Crippen LogP contribution in [-0.2, 0) is 14.3 Å². The maximum Gasteiger partial charge on any atom is 0.220 e. The lowest BCUT2D eigenvalue weighted by Gasteiger charge is -2.40. The van der Waals surface area contributed by atoms with Crippen molar-refractivity contribution in [3.63, 3.8) is 0 Å². The number of carbonyl (C=O) groups is 1. The molecule has 0 aromatic carbocycles. The van der Waals surface area contributed by atoms with E-state index in [2.05, 4.69) is 67.8 Å². The number of carbonyl (C=O) groups excluding carboxylic acids is 1. The van der Waals surface area contributed by atoms with Crippen LogP contribution >= 0.6 is 0 Å². The fourth-order valence-electron chi connectivity index (χ4n) is 9.51. The lowest BCUT2D eigenvalue weighted by molar-refractivity contribution is -0.302. The number of unbranched alkanes of at least 4 members (excludes halogenated alkanes) is 33. The summed E-state index contributed by atoms with van der Waals surface area (Å²) in [6, 6.07) is -0.743. The van der Waals surface area contributed by atoms with Crippen LogP contribution in [0, 0.1) is 0 Å². The summed E-state index contributed by atoms with van der Waals surface area (Å²) < 4.78 is 11.3. The monoisotopic (exact) mass is 988 g/mol. The number of nitrogens with one attached hydrogen (secondary N) is 1. The molecule has 0 radical (unpaired) electrons. The second-order valence-corrected chi connectivity index (χ2v) is 20.8. The average Bonchev–Trinajstić information content (AvgIpc) is 3.36. The van der Waals surface area contributed by atoms with E-state index in [1.165, 1.54) is 186 Å². The normalized spacial score (nSPS) is 19.7. The van der Waals surface area contributed by atoms with Crippen molar-refractivity contribution in [2.45, 2.75) is 320 Å². The first-order valence-electron chi connectivity index (χ1n) is 29.8. The fraction of sp³-hybridized carbons (Fsp3) is 0.852. The van der Waals surface area contributed by atoms with Gasteiger partial charge in [0.05, 0.1) is 25.4 Å². The molecule has 0 bridgehead atoms. The highest BCUT2D eigenvalue weighted by Gasteiger charge is 2.44. The van der Waals surface area contributed by atoms with Gasteiger partial charge in [-0.25, -0.2) is 0 Å². The molecule has 1 aliphatic rings. The summed E-state index contributed by atoms with van der Waals surface area (Å²) in [6.45, 7) is 3.72. The van der Waals surface area contributed by atoms with E-state index in [-0.39, 0.29) is 12.5 Å². The number of ether oxygens (including phenoxy) is 2. The number of aliphatic hydroxyl groups is 5.